The molecular weight excluding hydrogens is 414 g/mol. The predicted octanol–water partition coefficient (Wildman–Crippen LogP) is 3.50. The van der Waals surface area contributed by atoms with Crippen molar-refractivity contribution in [3.05, 3.63) is 60.7 Å². The first-order valence-electron chi connectivity index (χ1n) is 10.0. The van der Waals surface area contributed by atoms with Gasteiger partial charge in [-0.2, -0.15) is 0 Å². The van der Waals surface area contributed by atoms with E-state index in [4.69, 9.17) is 0 Å². The number of nitrogens with one attached hydrogen (secondary N) is 2. The summed E-state index contributed by atoms with van der Waals surface area (Å²) in [5, 5.41) is 11.3. The van der Waals surface area contributed by atoms with E-state index in [9.17, 15) is 13.2 Å². The maximum atomic E-state index is 12.7. The molecule has 9 heteroatoms. The van der Waals surface area contributed by atoms with Crippen molar-refractivity contribution in [2.45, 2.75) is 24.7 Å². The van der Waals surface area contributed by atoms with E-state index in [0.717, 1.165) is 24.5 Å². The van der Waals surface area contributed by atoms with Crippen molar-refractivity contribution in [2.24, 2.45) is 0 Å². The Labute approximate surface area is 181 Å². The van der Waals surface area contributed by atoms with Crippen molar-refractivity contribution in [1.82, 2.24) is 10.2 Å². The lowest BCUT2D eigenvalue weighted by Crippen LogP contribution is -2.19. The summed E-state index contributed by atoms with van der Waals surface area (Å²) in [4.78, 5) is 13.4. The third kappa shape index (κ3) is 5.00. The topological polar surface area (TPSA) is 104 Å². The lowest BCUT2D eigenvalue weighted by molar-refractivity contribution is -0.114. The largest absolute Gasteiger partial charge is 0.355 e. The average Bonchev–Trinajstić information content (AvgIpc) is 3.29. The number of anilines is 3. The standard InChI is InChI=1S/C22H23N5O3S/c1-16(28)23-18-7-9-20(10-8-18)31(29,30)26-19-6-4-5-17(15-19)21-11-12-22(25-24-21)27-13-2-3-14-27/h4-12,15,26H,2-3,13-14H2,1H3,(H,23,28). The Hall–Kier alpha value is -3.46. The molecule has 160 valence electrons. The van der Waals surface area contributed by atoms with Crippen molar-refractivity contribution in [3.8, 4) is 11.3 Å². The van der Waals surface area contributed by atoms with Crippen LogP contribution in [0.1, 0.15) is 19.8 Å². The fraction of sp³-hybridized carbons (Fsp3) is 0.227. The molecular formula is C22H23N5O3S. The Morgan fingerprint density at radius 2 is 1.68 bits per heavy atom. The zero-order valence-corrected chi connectivity index (χ0v) is 17.9. The van der Waals surface area contributed by atoms with Crippen LogP contribution in [-0.4, -0.2) is 37.6 Å². The number of sulfonamides is 1. The number of benzene rings is 2. The molecule has 2 N–H and O–H groups in total. The van der Waals surface area contributed by atoms with Crippen LogP contribution in [0.3, 0.4) is 0 Å². The number of hydrogen-bond acceptors (Lipinski definition) is 6. The molecule has 8 nitrogen and oxygen atoms in total. The van der Waals surface area contributed by atoms with Crippen molar-refractivity contribution in [2.75, 3.05) is 28.0 Å². The molecule has 0 atom stereocenters. The second-order valence-corrected chi connectivity index (χ2v) is 9.05. The molecule has 1 saturated heterocycles. The summed E-state index contributed by atoms with van der Waals surface area (Å²) >= 11 is 0. The van der Waals surface area contributed by atoms with Gasteiger partial charge in [-0.1, -0.05) is 12.1 Å². The summed E-state index contributed by atoms with van der Waals surface area (Å²) in [5.74, 6) is 0.642. The molecule has 2 heterocycles. The van der Waals surface area contributed by atoms with Gasteiger partial charge in [-0.05, 0) is 61.4 Å². The SMILES string of the molecule is CC(=O)Nc1ccc(S(=O)(=O)Nc2cccc(-c3ccc(N4CCCC4)nn3)c2)cc1. The molecule has 1 aliphatic rings. The quantitative estimate of drug-likeness (QED) is 0.612. The predicted molar refractivity (Wildman–Crippen MR) is 120 cm³/mol. The maximum absolute atomic E-state index is 12.7. The molecule has 1 fully saturated rings. The van der Waals surface area contributed by atoms with Gasteiger partial charge in [-0.3, -0.25) is 9.52 Å². The molecule has 0 aliphatic carbocycles. The van der Waals surface area contributed by atoms with Crippen molar-refractivity contribution in [3.63, 3.8) is 0 Å². The fourth-order valence-corrected chi connectivity index (χ4v) is 4.52. The smallest absolute Gasteiger partial charge is 0.261 e. The summed E-state index contributed by atoms with van der Waals surface area (Å²) in [6.45, 7) is 3.39. The Morgan fingerprint density at radius 1 is 0.935 bits per heavy atom. The number of carbonyl (C=O) groups excluding carboxylic acids is 1. The van der Waals surface area contributed by atoms with Gasteiger partial charge in [0.05, 0.1) is 10.6 Å². The van der Waals surface area contributed by atoms with Crippen LogP contribution in [-0.2, 0) is 14.8 Å². The number of nitrogens with zero attached hydrogens (tertiary/aromatic N) is 3. The molecule has 0 spiro atoms. The van der Waals surface area contributed by atoms with Crippen LogP contribution in [0.4, 0.5) is 17.2 Å². The minimum absolute atomic E-state index is 0.0989. The minimum atomic E-state index is -3.78. The Bertz CT molecular complexity index is 1170. The highest BCUT2D eigenvalue weighted by molar-refractivity contribution is 7.92. The third-order valence-electron chi connectivity index (χ3n) is 4.98. The first-order chi connectivity index (χ1) is 14.9. The number of hydrogen-bond donors (Lipinski definition) is 2. The van der Waals surface area contributed by atoms with E-state index in [0.29, 0.717) is 17.1 Å². The van der Waals surface area contributed by atoms with E-state index < -0.39 is 10.0 Å². The van der Waals surface area contributed by atoms with Crippen LogP contribution in [0.2, 0.25) is 0 Å². The molecule has 3 aromatic rings. The molecule has 4 rings (SSSR count). The normalized spacial score (nSPS) is 13.8. The first kappa shape index (κ1) is 20.8. The second-order valence-electron chi connectivity index (χ2n) is 7.36. The minimum Gasteiger partial charge on any atom is -0.355 e. The zero-order chi connectivity index (χ0) is 21.8. The van der Waals surface area contributed by atoms with Gasteiger partial charge in [-0.25, -0.2) is 8.42 Å². The van der Waals surface area contributed by atoms with Crippen LogP contribution in [0.15, 0.2) is 65.6 Å². The van der Waals surface area contributed by atoms with Gasteiger partial charge < -0.3 is 10.2 Å². The van der Waals surface area contributed by atoms with Crippen LogP contribution < -0.4 is 14.9 Å². The number of aromatic nitrogens is 2. The summed E-state index contributed by atoms with van der Waals surface area (Å²) in [6, 6.07) is 16.9. The van der Waals surface area contributed by atoms with Gasteiger partial charge in [0.15, 0.2) is 5.82 Å². The first-order valence-corrected chi connectivity index (χ1v) is 11.5. The van der Waals surface area contributed by atoms with Gasteiger partial charge in [0.25, 0.3) is 10.0 Å². The molecule has 2 aromatic carbocycles. The van der Waals surface area contributed by atoms with Crippen molar-refractivity contribution >= 4 is 33.1 Å². The molecule has 0 saturated carbocycles. The van der Waals surface area contributed by atoms with Gasteiger partial charge in [0.2, 0.25) is 5.91 Å². The molecule has 1 aromatic heterocycles. The average molecular weight is 438 g/mol. The molecule has 31 heavy (non-hydrogen) atoms. The van der Waals surface area contributed by atoms with Crippen LogP contribution in [0.5, 0.6) is 0 Å². The number of carbonyl (C=O) groups is 1. The number of amides is 1. The van der Waals surface area contributed by atoms with Crippen molar-refractivity contribution < 1.29 is 13.2 Å². The van der Waals surface area contributed by atoms with Crippen LogP contribution in [0, 0.1) is 0 Å². The van der Waals surface area contributed by atoms with Gasteiger partial charge in [-0.15, -0.1) is 10.2 Å². The number of rotatable bonds is 6. The van der Waals surface area contributed by atoms with E-state index in [1.165, 1.54) is 31.9 Å². The van der Waals surface area contributed by atoms with E-state index in [2.05, 4.69) is 25.1 Å². The molecule has 1 aliphatic heterocycles. The molecule has 0 radical (unpaired) electrons. The highest BCUT2D eigenvalue weighted by Crippen LogP contribution is 2.25. The monoisotopic (exact) mass is 437 g/mol. The van der Waals surface area contributed by atoms with E-state index in [-0.39, 0.29) is 10.8 Å². The fourth-order valence-electron chi connectivity index (χ4n) is 3.47. The Balaban J connectivity index is 1.50. The summed E-state index contributed by atoms with van der Waals surface area (Å²) in [6.07, 6.45) is 2.34. The van der Waals surface area contributed by atoms with E-state index in [1.54, 1.807) is 30.3 Å². The summed E-state index contributed by atoms with van der Waals surface area (Å²) in [7, 11) is -3.78. The van der Waals surface area contributed by atoms with E-state index in [1.807, 2.05) is 18.2 Å². The second kappa shape index (κ2) is 8.73. The van der Waals surface area contributed by atoms with Gasteiger partial charge in [0.1, 0.15) is 0 Å². The molecule has 0 unspecified atom stereocenters. The van der Waals surface area contributed by atoms with Gasteiger partial charge >= 0.3 is 0 Å². The molecule has 1 amide bonds. The Morgan fingerprint density at radius 3 is 2.32 bits per heavy atom. The van der Waals surface area contributed by atoms with Crippen LogP contribution in [0.25, 0.3) is 11.3 Å². The lowest BCUT2D eigenvalue weighted by atomic mass is 10.1. The van der Waals surface area contributed by atoms with Crippen LogP contribution >= 0.6 is 0 Å². The van der Waals surface area contributed by atoms with E-state index >= 15 is 0 Å². The summed E-state index contributed by atoms with van der Waals surface area (Å²) in [5.41, 5.74) is 2.39. The summed E-state index contributed by atoms with van der Waals surface area (Å²) < 4.78 is 28.1. The lowest BCUT2D eigenvalue weighted by Gasteiger charge is -2.15. The van der Waals surface area contributed by atoms with Crippen molar-refractivity contribution in [1.29, 1.82) is 0 Å². The highest BCUT2D eigenvalue weighted by Gasteiger charge is 2.16. The molecule has 0 bridgehead atoms. The highest BCUT2D eigenvalue weighted by atomic mass is 32.2. The zero-order valence-electron chi connectivity index (χ0n) is 17.1. The maximum Gasteiger partial charge on any atom is 0.261 e. The Kier molecular flexibility index (Phi) is 5.85. The third-order valence-corrected chi connectivity index (χ3v) is 6.37. The van der Waals surface area contributed by atoms with Gasteiger partial charge in [0, 0.05) is 37.0 Å².